The standard InChI is InChI=1S/C19H22N4O4/c1-13(22-19(26)15-6-9-27-12-15)18(25)21-10-14-2-4-16(5-3-14)23-8-7-20-17(24)11-23/h2-6,9,12-13H,7-8,10-11H2,1H3,(H,20,24)(H,21,25)(H,22,26)/t13-/m0/s1. The minimum Gasteiger partial charge on any atom is -0.472 e. The number of carbonyl (C=O) groups excluding carboxylic acids is 3. The van der Waals surface area contributed by atoms with E-state index in [1.54, 1.807) is 6.92 Å². The van der Waals surface area contributed by atoms with Gasteiger partial charge in [-0.2, -0.15) is 0 Å². The molecule has 1 aromatic carbocycles. The highest BCUT2D eigenvalue weighted by molar-refractivity contribution is 5.97. The molecule has 8 nitrogen and oxygen atoms in total. The summed E-state index contributed by atoms with van der Waals surface area (Å²) in [7, 11) is 0. The number of rotatable bonds is 6. The Hall–Kier alpha value is -3.29. The number of hydrogen-bond acceptors (Lipinski definition) is 5. The SMILES string of the molecule is C[C@H](NC(=O)c1ccoc1)C(=O)NCc1ccc(N2CCNC(=O)C2)cc1. The first-order chi connectivity index (χ1) is 13.0. The van der Waals surface area contributed by atoms with Crippen LogP contribution in [0.1, 0.15) is 22.8 Å². The van der Waals surface area contributed by atoms with Crippen molar-refractivity contribution >= 4 is 23.4 Å². The first kappa shape index (κ1) is 18.5. The van der Waals surface area contributed by atoms with Gasteiger partial charge in [0.15, 0.2) is 0 Å². The fourth-order valence-corrected chi connectivity index (χ4v) is 2.77. The number of furan rings is 1. The number of amides is 3. The van der Waals surface area contributed by atoms with Crippen molar-refractivity contribution in [1.29, 1.82) is 0 Å². The summed E-state index contributed by atoms with van der Waals surface area (Å²) in [5.74, 6) is -0.617. The van der Waals surface area contributed by atoms with Gasteiger partial charge in [0.25, 0.3) is 5.91 Å². The zero-order chi connectivity index (χ0) is 19.2. The maximum Gasteiger partial charge on any atom is 0.255 e. The van der Waals surface area contributed by atoms with E-state index in [1.165, 1.54) is 18.6 Å². The maximum atomic E-state index is 12.2. The topological polar surface area (TPSA) is 104 Å². The summed E-state index contributed by atoms with van der Waals surface area (Å²) in [4.78, 5) is 37.6. The van der Waals surface area contributed by atoms with Gasteiger partial charge in [-0.3, -0.25) is 14.4 Å². The lowest BCUT2D eigenvalue weighted by molar-refractivity contribution is -0.123. The van der Waals surface area contributed by atoms with E-state index < -0.39 is 6.04 Å². The van der Waals surface area contributed by atoms with Crippen molar-refractivity contribution < 1.29 is 18.8 Å². The fourth-order valence-electron chi connectivity index (χ4n) is 2.77. The average molecular weight is 370 g/mol. The van der Waals surface area contributed by atoms with Gasteiger partial charge >= 0.3 is 0 Å². The van der Waals surface area contributed by atoms with E-state index in [2.05, 4.69) is 16.0 Å². The zero-order valence-corrected chi connectivity index (χ0v) is 15.0. The van der Waals surface area contributed by atoms with Gasteiger partial charge < -0.3 is 25.3 Å². The molecule has 0 bridgehead atoms. The molecule has 1 atom stereocenters. The molecule has 1 aliphatic rings. The Morgan fingerprint density at radius 3 is 2.70 bits per heavy atom. The Kier molecular flexibility index (Phi) is 5.75. The van der Waals surface area contributed by atoms with E-state index in [4.69, 9.17) is 4.42 Å². The summed E-state index contributed by atoms with van der Waals surface area (Å²) >= 11 is 0. The highest BCUT2D eigenvalue weighted by atomic mass is 16.3. The van der Waals surface area contributed by atoms with E-state index in [1.807, 2.05) is 29.2 Å². The summed E-state index contributed by atoms with van der Waals surface area (Å²) in [5, 5.41) is 8.22. The summed E-state index contributed by atoms with van der Waals surface area (Å²) in [6.45, 7) is 3.74. The van der Waals surface area contributed by atoms with Gasteiger partial charge in [-0.15, -0.1) is 0 Å². The molecule has 142 valence electrons. The molecule has 0 saturated carbocycles. The summed E-state index contributed by atoms with van der Waals surface area (Å²) in [6.07, 6.45) is 2.73. The monoisotopic (exact) mass is 370 g/mol. The van der Waals surface area contributed by atoms with Crippen molar-refractivity contribution in [2.75, 3.05) is 24.5 Å². The number of nitrogens with zero attached hydrogens (tertiary/aromatic N) is 1. The largest absolute Gasteiger partial charge is 0.472 e. The van der Waals surface area contributed by atoms with E-state index in [9.17, 15) is 14.4 Å². The molecule has 3 amide bonds. The number of anilines is 1. The second-order valence-corrected chi connectivity index (χ2v) is 6.36. The smallest absolute Gasteiger partial charge is 0.255 e. The predicted molar refractivity (Wildman–Crippen MR) is 99.1 cm³/mol. The van der Waals surface area contributed by atoms with Crippen LogP contribution in [0.15, 0.2) is 47.3 Å². The molecule has 1 fully saturated rings. The summed E-state index contributed by atoms with van der Waals surface area (Å²) in [6, 6.07) is 8.56. The third-order valence-corrected chi connectivity index (χ3v) is 4.33. The highest BCUT2D eigenvalue weighted by Crippen LogP contribution is 2.16. The molecular weight excluding hydrogens is 348 g/mol. The van der Waals surface area contributed by atoms with Crippen molar-refractivity contribution in [3.05, 3.63) is 54.0 Å². The molecule has 2 aromatic rings. The van der Waals surface area contributed by atoms with Crippen molar-refractivity contribution in [2.24, 2.45) is 0 Å². The van der Waals surface area contributed by atoms with Crippen LogP contribution in [-0.4, -0.2) is 43.4 Å². The van der Waals surface area contributed by atoms with Crippen LogP contribution in [0.3, 0.4) is 0 Å². The van der Waals surface area contributed by atoms with E-state index >= 15 is 0 Å². The molecule has 2 heterocycles. The molecule has 1 aliphatic heterocycles. The third-order valence-electron chi connectivity index (χ3n) is 4.33. The zero-order valence-electron chi connectivity index (χ0n) is 15.0. The van der Waals surface area contributed by atoms with Gasteiger partial charge in [0, 0.05) is 25.3 Å². The van der Waals surface area contributed by atoms with Crippen LogP contribution in [-0.2, 0) is 16.1 Å². The van der Waals surface area contributed by atoms with Crippen molar-refractivity contribution in [3.63, 3.8) is 0 Å². The average Bonchev–Trinajstić information content (AvgIpc) is 3.21. The normalized spacial score (nSPS) is 15.0. The molecule has 1 aromatic heterocycles. The number of piperazine rings is 1. The van der Waals surface area contributed by atoms with Crippen LogP contribution < -0.4 is 20.9 Å². The Labute approximate surface area is 156 Å². The van der Waals surface area contributed by atoms with Gasteiger partial charge in [0.1, 0.15) is 12.3 Å². The number of benzene rings is 1. The molecule has 1 saturated heterocycles. The number of hydrogen-bond donors (Lipinski definition) is 3. The van der Waals surface area contributed by atoms with Gasteiger partial charge in [-0.05, 0) is 30.7 Å². The van der Waals surface area contributed by atoms with Crippen LogP contribution >= 0.6 is 0 Å². The minimum absolute atomic E-state index is 0.0176. The molecular formula is C19H22N4O4. The van der Waals surface area contributed by atoms with Crippen molar-refractivity contribution in [2.45, 2.75) is 19.5 Å². The van der Waals surface area contributed by atoms with E-state index in [0.29, 0.717) is 25.2 Å². The molecule has 0 unspecified atom stereocenters. The van der Waals surface area contributed by atoms with Crippen LogP contribution in [0.5, 0.6) is 0 Å². The molecule has 3 rings (SSSR count). The van der Waals surface area contributed by atoms with Gasteiger partial charge in [0.05, 0.1) is 18.4 Å². The lowest BCUT2D eigenvalue weighted by atomic mass is 10.1. The van der Waals surface area contributed by atoms with Gasteiger partial charge in [-0.25, -0.2) is 0 Å². The fraction of sp³-hybridized carbons (Fsp3) is 0.316. The molecule has 0 aliphatic carbocycles. The van der Waals surface area contributed by atoms with Crippen LogP contribution in [0.4, 0.5) is 5.69 Å². The Bertz CT molecular complexity index is 802. The Balaban J connectivity index is 1.48. The van der Waals surface area contributed by atoms with Crippen LogP contribution in [0, 0.1) is 0 Å². The maximum absolute atomic E-state index is 12.2. The highest BCUT2D eigenvalue weighted by Gasteiger charge is 2.18. The van der Waals surface area contributed by atoms with E-state index in [0.717, 1.165) is 17.8 Å². The van der Waals surface area contributed by atoms with E-state index in [-0.39, 0.29) is 17.7 Å². The second-order valence-electron chi connectivity index (χ2n) is 6.36. The van der Waals surface area contributed by atoms with Gasteiger partial charge in [-0.1, -0.05) is 12.1 Å². The quantitative estimate of drug-likeness (QED) is 0.693. The van der Waals surface area contributed by atoms with Crippen LogP contribution in [0.25, 0.3) is 0 Å². The first-order valence-corrected chi connectivity index (χ1v) is 8.74. The lowest BCUT2D eigenvalue weighted by Gasteiger charge is -2.28. The first-order valence-electron chi connectivity index (χ1n) is 8.74. The predicted octanol–water partition coefficient (Wildman–Crippen LogP) is 0.650. The Morgan fingerprint density at radius 1 is 1.26 bits per heavy atom. The van der Waals surface area contributed by atoms with Crippen molar-refractivity contribution in [3.8, 4) is 0 Å². The van der Waals surface area contributed by atoms with Gasteiger partial charge in [0.2, 0.25) is 11.8 Å². The number of carbonyl (C=O) groups is 3. The van der Waals surface area contributed by atoms with Crippen LogP contribution in [0.2, 0.25) is 0 Å². The third kappa shape index (κ3) is 4.87. The summed E-state index contributed by atoms with van der Waals surface area (Å²) in [5.41, 5.74) is 2.28. The molecule has 0 radical (unpaired) electrons. The lowest BCUT2D eigenvalue weighted by Crippen LogP contribution is -2.47. The minimum atomic E-state index is -0.668. The molecule has 27 heavy (non-hydrogen) atoms. The molecule has 0 spiro atoms. The number of nitrogens with one attached hydrogen (secondary N) is 3. The van der Waals surface area contributed by atoms with Crippen molar-refractivity contribution in [1.82, 2.24) is 16.0 Å². The Morgan fingerprint density at radius 2 is 2.04 bits per heavy atom. The molecule has 3 N–H and O–H groups in total. The second kappa shape index (κ2) is 8.39. The molecule has 8 heteroatoms. The summed E-state index contributed by atoms with van der Waals surface area (Å²) < 4.78 is 4.86.